The summed E-state index contributed by atoms with van der Waals surface area (Å²) in [6, 6.07) is 5.86. The minimum absolute atomic E-state index is 0.166. The van der Waals surface area contributed by atoms with Gasteiger partial charge in [0.2, 0.25) is 0 Å². The van der Waals surface area contributed by atoms with Crippen molar-refractivity contribution in [1.29, 1.82) is 0 Å². The summed E-state index contributed by atoms with van der Waals surface area (Å²) >= 11 is 0. The van der Waals surface area contributed by atoms with E-state index in [0.29, 0.717) is 5.89 Å². The summed E-state index contributed by atoms with van der Waals surface area (Å²) in [7, 11) is 1.98. The third kappa shape index (κ3) is 2.28. The van der Waals surface area contributed by atoms with Crippen molar-refractivity contribution in [1.82, 2.24) is 4.98 Å². The molecule has 0 amide bonds. The van der Waals surface area contributed by atoms with Crippen LogP contribution in [-0.4, -0.2) is 29.7 Å². The maximum atomic E-state index is 10.8. The molecule has 3 rings (SSSR count). The first kappa shape index (κ1) is 12.0. The molecule has 2 unspecified atom stereocenters. The number of hydrogen-bond donors (Lipinski definition) is 1. The van der Waals surface area contributed by atoms with Crippen LogP contribution in [0.5, 0.6) is 0 Å². The van der Waals surface area contributed by atoms with E-state index < -0.39 is 5.97 Å². The molecular weight excluding hydrogens is 244 g/mol. The molecule has 1 aromatic heterocycles. The number of hydrogen-bond acceptors (Lipinski definition) is 4. The summed E-state index contributed by atoms with van der Waals surface area (Å²) in [6.07, 6.45) is 0.783. The van der Waals surface area contributed by atoms with Crippen LogP contribution < -0.4 is 4.90 Å². The second kappa shape index (κ2) is 4.26. The fraction of sp³-hybridized carbons (Fsp3) is 0.429. The van der Waals surface area contributed by atoms with Crippen LogP contribution in [0.15, 0.2) is 22.6 Å². The Kier molecular flexibility index (Phi) is 2.69. The van der Waals surface area contributed by atoms with Crippen molar-refractivity contribution in [2.75, 3.05) is 18.5 Å². The van der Waals surface area contributed by atoms with Crippen molar-refractivity contribution in [3.63, 3.8) is 0 Å². The Balaban J connectivity index is 1.74. The number of anilines is 1. The van der Waals surface area contributed by atoms with Gasteiger partial charge in [-0.3, -0.25) is 4.79 Å². The zero-order valence-electron chi connectivity index (χ0n) is 11.0. The predicted octanol–water partition coefficient (Wildman–Crippen LogP) is 2.29. The van der Waals surface area contributed by atoms with Gasteiger partial charge in [0.1, 0.15) is 5.52 Å². The second-order valence-electron chi connectivity index (χ2n) is 5.21. The summed E-state index contributed by atoms with van der Waals surface area (Å²) in [5, 5.41) is 8.91. The Morgan fingerprint density at radius 2 is 2.37 bits per heavy atom. The Bertz CT molecular complexity index is 635. The monoisotopic (exact) mass is 260 g/mol. The van der Waals surface area contributed by atoms with Crippen LogP contribution in [0, 0.1) is 18.8 Å². The molecule has 1 aromatic carbocycles. The first-order chi connectivity index (χ1) is 9.04. The lowest BCUT2D eigenvalue weighted by molar-refractivity contribution is -0.138. The molecule has 0 radical (unpaired) electrons. The summed E-state index contributed by atoms with van der Waals surface area (Å²) in [5.74, 6) is 0.0710. The quantitative estimate of drug-likeness (QED) is 0.913. The van der Waals surface area contributed by atoms with Crippen molar-refractivity contribution >= 4 is 22.8 Å². The highest BCUT2D eigenvalue weighted by atomic mass is 16.4. The number of aliphatic carboxylic acids is 1. The van der Waals surface area contributed by atoms with Crippen LogP contribution in [-0.2, 0) is 4.79 Å². The fourth-order valence-electron chi connectivity index (χ4n) is 2.48. The molecule has 1 aliphatic rings. The molecule has 0 bridgehead atoms. The van der Waals surface area contributed by atoms with E-state index in [1.807, 2.05) is 32.2 Å². The SMILES string of the molecule is Cc1nc2cc(N(C)CC3CC3C(=O)O)ccc2o1. The summed E-state index contributed by atoms with van der Waals surface area (Å²) in [5.41, 5.74) is 2.66. The van der Waals surface area contributed by atoms with Gasteiger partial charge >= 0.3 is 5.97 Å². The van der Waals surface area contributed by atoms with E-state index in [9.17, 15) is 4.79 Å². The van der Waals surface area contributed by atoms with E-state index in [2.05, 4.69) is 9.88 Å². The lowest BCUT2D eigenvalue weighted by Crippen LogP contribution is -2.21. The van der Waals surface area contributed by atoms with Crippen molar-refractivity contribution in [2.24, 2.45) is 11.8 Å². The molecule has 5 nitrogen and oxygen atoms in total. The number of carbonyl (C=O) groups is 1. The number of carboxylic acids is 1. The smallest absolute Gasteiger partial charge is 0.306 e. The lowest BCUT2D eigenvalue weighted by Gasteiger charge is -2.18. The Morgan fingerprint density at radius 1 is 1.58 bits per heavy atom. The molecule has 100 valence electrons. The molecule has 2 atom stereocenters. The number of carboxylic acid groups (broad SMARTS) is 1. The van der Waals surface area contributed by atoms with Crippen molar-refractivity contribution in [3.8, 4) is 0 Å². The number of rotatable bonds is 4. The van der Waals surface area contributed by atoms with E-state index >= 15 is 0 Å². The van der Waals surface area contributed by atoms with Gasteiger partial charge in [-0.25, -0.2) is 4.98 Å². The Labute approximate surface area is 110 Å². The molecule has 1 aliphatic carbocycles. The summed E-state index contributed by atoms with van der Waals surface area (Å²) < 4.78 is 5.44. The predicted molar refractivity (Wildman–Crippen MR) is 71.2 cm³/mol. The van der Waals surface area contributed by atoms with Gasteiger partial charge in [-0.1, -0.05) is 0 Å². The molecule has 1 saturated carbocycles. The van der Waals surface area contributed by atoms with Gasteiger partial charge in [-0.15, -0.1) is 0 Å². The van der Waals surface area contributed by atoms with E-state index in [1.54, 1.807) is 0 Å². The van der Waals surface area contributed by atoms with Gasteiger partial charge in [0, 0.05) is 26.2 Å². The van der Waals surface area contributed by atoms with Gasteiger partial charge in [0.05, 0.1) is 5.92 Å². The standard InChI is InChI=1S/C14H16N2O3/c1-8-15-12-6-10(3-4-13(12)19-8)16(2)7-9-5-11(9)14(17)18/h3-4,6,9,11H,5,7H2,1-2H3,(H,17,18). The van der Waals surface area contributed by atoms with Crippen LogP contribution in [0.4, 0.5) is 5.69 Å². The van der Waals surface area contributed by atoms with Gasteiger partial charge in [0.15, 0.2) is 11.5 Å². The normalized spacial score (nSPS) is 21.6. The molecule has 0 aliphatic heterocycles. The van der Waals surface area contributed by atoms with Gasteiger partial charge < -0.3 is 14.4 Å². The van der Waals surface area contributed by atoms with E-state index in [0.717, 1.165) is 29.8 Å². The number of oxazole rings is 1. The maximum absolute atomic E-state index is 10.8. The first-order valence-electron chi connectivity index (χ1n) is 6.36. The lowest BCUT2D eigenvalue weighted by atomic mass is 10.2. The largest absolute Gasteiger partial charge is 0.481 e. The molecule has 0 saturated heterocycles. The van der Waals surface area contributed by atoms with Crippen LogP contribution in [0.1, 0.15) is 12.3 Å². The average molecular weight is 260 g/mol. The van der Waals surface area contributed by atoms with Crippen molar-refractivity contribution in [2.45, 2.75) is 13.3 Å². The van der Waals surface area contributed by atoms with Crippen molar-refractivity contribution in [3.05, 3.63) is 24.1 Å². The average Bonchev–Trinajstić information content (AvgIpc) is 3.01. The Hall–Kier alpha value is -2.04. The number of aryl methyl sites for hydroxylation is 1. The van der Waals surface area contributed by atoms with Crippen LogP contribution >= 0.6 is 0 Å². The highest BCUT2D eigenvalue weighted by Gasteiger charge is 2.43. The minimum atomic E-state index is -0.680. The Morgan fingerprint density at radius 3 is 3.05 bits per heavy atom. The molecule has 5 heteroatoms. The third-order valence-electron chi connectivity index (χ3n) is 3.67. The molecular formula is C14H16N2O3. The topological polar surface area (TPSA) is 66.6 Å². The highest BCUT2D eigenvalue weighted by molar-refractivity contribution is 5.78. The number of aromatic nitrogens is 1. The molecule has 1 N–H and O–H groups in total. The number of benzene rings is 1. The zero-order chi connectivity index (χ0) is 13.6. The molecule has 1 heterocycles. The number of fused-ring (bicyclic) bond motifs is 1. The van der Waals surface area contributed by atoms with Gasteiger partial charge in [0.25, 0.3) is 0 Å². The first-order valence-corrected chi connectivity index (χ1v) is 6.36. The molecule has 0 spiro atoms. The van der Waals surface area contributed by atoms with E-state index in [1.165, 1.54) is 0 Å². The third-order valence-corrected chi connectivity index (χ3v) is 3.67. The molecule has 2 aromatic rings. The zero-order valence-corrected chi connectivity index (χ0v) is 11.0. The van der Waals surface area contributed by atoms with Crippen LogP contribution in [0.25, 0.3) is 11.1 Å². The second-order valence-corrected chi connectivity index (χ2v) is 5.21. The summed E-state index contributed by atoms with van der Waals surface area (Å²) in [4.78, 5) is 17.2. The van der Waals surface area contributed by atoms with Gasteiger partial charge in [-0.2, -0.15) is 0 Å². The molecule has 19 heavy (non-hydrogen) atoms. The summed E-state index contributed by atoms with van der Waals surface area (Å²) in [6.45, 7) is 2.59. The van der Waals surface area contributed by atoms with Crippen LogP contribution in [0.2, 0.25) is 0 Å². The number of nitrogens with zero attached hydrogens (tertiary/aromatic N) is 2. The van der Waals surface area contributed by atoms with Gasteiger partial charge in [-0.05, 0) is 30.5 Å². The van der Waals surface area contributed by atoms with E-state index in [-0.39, 0.29) is 11.8 Å². The highest BCUT2D eigenvalue weighted by Crippen LogP contribution is 2.39. The minimum Gasteiger partial charge on any atom is -0.481 e. The van der Waals surface area contributed by atoms with Crippen molar-refractivity contribution < 1.29 is 14.3 Å². The van der Waals surface area contributed by atoms with Crippen LogP contribution in [0.3, 0.4) is 0 Å². The van der Waals surface area contributed by atoms with E-state index in [4.69, 9.17) is 9.52 Å². The maximum Gasteiger partial charge on any atom is 0.306 e. The fourth-order valence-corrected chi connectivity index (χ4v) is 2.48. The molecule has 1 fully saturated rings.